The van der Waals surface area contributed by atoms with Gasteiger partial charge in [0.15, 0.2) is 0 Å². The Kier molecular flexibility index (Phi) is 4.02. The second kappa shape index (κ2) is 6.14. The summed E-state index contributed by atoms with van der Waals surface area (Å²) in [6.45, 7) is 0.544. The maximum atomic E-state index is 12.3. The molecular weight excluding hydrogens is 318 g/mol. The van der Waals surface area contributed by atoms with Gasteiger partial charge in [-0.2, -0.15) is 5.10 Å². The lowest BCUT2D eigenvalue weighted by molar-refractivity contribution is -0.134. The molecule has 126 valence electrons. The fourth-order valence-corrected chi connectivity index (χ4v) is 2.59. The molecule has 10 heteroatoms. The first kappa shape index (κ1) is 15.7. The summed E-state index contributed by atoms with van der Waals surface area (Å²) < 4.78 is 5.82. The molecule has 0 aromatic heterocycles. The molecule has 3 aliphatic heterocycles. The lowest BCUT2D eigenvalue weighted by Gasteiger charge is -2.22. The molecule has 3 rings (SSSR count). The number of hydrogen-bond donors (Lipinski definition) is 3. The molecule has 0 spiro atoms. The van der Waals surface area contributed by atoms with Gasteiger partial charge in [-0.15, -0.1) is 0 Å². The largest absolute Gasteiger partial charge is 0.465 e. The minimum atomic E-state index is -0.820. The molecule has 3 N–H and O–H groups in total. The second-order valence-electron chi connectivity index (χ2n) is 5.35. The molecule has 0 aliphatic carbocycles. The Bertz CT molecular complexity index is 838. The summed E-state index contributed by atoms with van der Waals surface area (Å²) in [5.41, 5.74) is 2.27. The SMILES string of the molecule is COC(=O)c1cn(NC(=O)C2CCCNC2=O)cc2c(=O)[nH]nc1-2. The Morgan fingerprint density at radius 2 is 2.17 bits per heavy atom. The number of nitrogens with one attached hydrogen (secondary N) is 3. The van der Waals surface area contributed by atoms with E-state index >= 15 is 0 Å². The van der Waals surface area contributed by atoms with Crippen LogP contribution in [0.3, 0.4) is 0 Å². The van der Waals surface area contributed by atoms with Gasteiger partial charge in [0.1, 0.15) is 17.2 Å². The highest BCUT2D eigenvalue weighted by Gasteiger charge is 2.30. The van der Waals surface area contributed by atoms with Crippen LogP contribution >= 0.6 is 0 Å². The highest BCUT2D eigenvalue weighted by Crippen LogP contribution is 2.20. The monoisotopic (exact) mass is 333 g/mol. The number of aromatic amines is 1. The van der Waals surface area contributed by atoms with Crippen LogP contribution in [-0.2, 0) is 14.3 Å². The normalized spacial score (nSPS) is 17.4. The summed E-state index contributed by atoms with van der Waals surface area (Å²) >= 11 is 0. The fourth-order valence-electron chi connectivity index (χ4n) is 2.59. The molecule has 0 aromatic rings. The number of pyridine rings is 1. The minimum absolute atomic E-state index is 0.0155. The zero-order valence-corrected chi connectivity index (χ0v) is 12.8. The average Bonchev–Trinajstić information content (AvgIpc) is 2.95. The van der Waals surface area contributed by atoms with Gasteiger partial charge in [0.25, 0.3) is 11.5 Å². The summed E-state index contributed by atoms with van der Waals surface area (Å²) in [4.78, 5) is 47.7. The molecule has 24 heavy (non-hydrogen) atoms. The first-order chi connectivity index (χ1) is 11.5. The fraction of sp³-hybridized carbons (Fsp3) is 0.357. The summed E-state index contributed by atoms with van der Waals surface area (Å²) in [6, 6.07) is 0. The van der Waals surface area contributed by atoms with Crippen molar-refractivity contribution in [2.24, 2.45) is 5.92 Å². The van der Waals surface area contributed by atoms with Gasteiger partial charge < -0.3 is 10.1 Å². The molecule has 1 atom stereocenters. The van der Waals surface area contributed by atoms with Gasteiger partial charge in [-0.25, -0.2) is 9.89 Å². The van der Waals surface area contributed by atoms with Gasteiger partial charge in [0, 0.05) is 18.9 Å². The molecule has 1 fully saturated rings. The van der Waals surface area contributed by atoms with Gasteiger partial charge in [0.05, 0.1) is 12.7 Å². The topological polar surface area (TPSA) is 135 Å². The number of methoxy groups -OCH3 is 1. The summed E-state index contributed by atoms with van der Waals surface area (Å²) in [5.74, 6) is -2.39. The van der Waals surface area contributed by atoms with E-state index in [1.54, 1.807) is 0 Å². The average molecular weight is 333 g/mol. The Labute approximate surface area is 135 Å². The smallest absolute Gasteiger partial charge is 0.341 e. The Hall–Kier alpha value is -3.17. The van der Waals surface area contributed by atoms with Crippen molar-refractivity contribution in [1.29, 1.82) is 0 Å². The lowest BCUT2D eigenvalue weighted by Crippen LogP contribution is -2.44. The predicted molar refractivity (Wildman–Crippen MR) is 80.9 cm³/mol. The van der Waals surface area contributed by atoms with Crippen molar-refractivity contribution in [2.45, 2.75) is 12.8 Å². The first-order valence-corrected chi connectivity index (χ1v) is 7.28. The van der Waals surface area contributed by atoms with E-state index in [1.165, 1.54) is 19.5 Å². The molecule has 1 saturated heterocycles. The first-order valence-electron chi connectivity index (χ1n) is 7.28. The van der Waals surface area contributed by atoms with Crippen LogP contribution < -0.4 is 16.3 Å². The molecular formula is C14H15N5O5. The highest BCUT2D eigenvalue weighted by molar-refractivity contribution is 6.04. The van der Waals surface area contributed by atoms with Gasteiger partial charge in [-0.05, 0) is 12.8 Å². The summed E-state index contributed by atoms with van der Waals surface area (Å²) in [6.07, 6.45) is 3.75. The van der Waals surface area contributed by atoms with E-state index < -0.39 is 23.4 Å². The number of fused-ring (bicyclic) bond motifs is 1. The third-order valence-corrected chi connectivity index (χ3v) is 3.81. The highest BCUT2D eigenvalue weighted by atomic mass is 16.5. The Morgan fingerprint density at radius 3 is 2.88 bits per heavy atom. The van der Waals surface area contributed by atoms with Gasteiger partial charge in [-0.1, -0.05) is 0 Å². The van der Waals surface area contributed by atoms with Crippen LogP contribution in [0.5, 0.6) is 0 Å². The van der Waals surface area contributed by atoms with Crippen molar-refractivity contribution in [3.63, 3.8) is 0 Å². The number of amides is 2. The molecule has 10 nitrogen and oxygen atoms in total. The Balaban J connectivity index is 1.94. The van der Waals surface area contributed by atoms with Crippen molar-refractivity contribution >= 4 is 17.8 Å². The molecule has 3 aliphatic rings. The van der Waals surface area contributed by atoms with E-state index in [-0.39, 0.29) is 22.7 Å². The van der Waals surface area contributed by atoms with Gasteiger partial charge in [0.2, 0.25) is 5.91 Å². The second-order valence-corrected chi connectivity index (χ2v) is 5.35. The van der Waals surface area contributed by atoms with Gasteiger partial charge in [-0.3, -0.25) is 24.5 Å². The quantitative estimate of drug-likeness (QED) is 0.490. The maximum absolute atomic E-state index is 12.3. The number of rotatable bonds is 3. The number of piperidine rings is 1. The molecule has 1 unspecified atom stereocenters. The number of nitrogens with zero attached hydrogens (tertiary/aromatic N) is 2. The van der Waals surface area contributed by atoms with E-state index in [4.69, 9.17) is 0 Å². The molecule has 0 radical (unpaired) electrons. The molecule has 0 aromatic carbocycles. The van der Waals surface area contributed by atoms with Crippen LogP contribution in [0.15, 0.2) is 17.2 Å². The number of carbonyl (C=O) groups excluding carboxylic acids is 3. The number of aromatic nitrogens is 3. The minimum Gasteiger partial charge on any atom is -0.465 e. The van der Waals surface area contributed by atoms with Crippen LogP contribution in [0.2, 0.25) is 0 Å². The van der Waals surface area contributed by atoms with Crippen molar-refractivity contribution in [3.05, 3.63) is 28.3 Å². The van der Waals surface area contributed by atoms with Crippen LogP contribution in [-0.4, -0.2) is 46.3 Å². The van der Waals surface area contributed by atoms with Crippen LogP contribution in [0, 0.1) is 5.92 Å². The zero-order valence-electron chi connectivity index (χ0n) is 12.8. The maximum Gasteiger partial charge on any atom is 0.341 e. The molecule has 0 saturated carbocycles. The van der Waals surface area contributed by atoms with Crippen LogP contribution in [0.25, 0.3) is 11.3 Å². The van der Waals surface area contributed by atoms with Gasteiger partial charge >= 0.3 is 5.97 Å². The number of esters is 1. The van der Waals surface area contributed by atoms with Crippen LogP contribution in [0.4, 0.5) is 0 Å². The van der Waals surface area contributed by atoms with E-state index in [9.17, 15) is 19.2 Å². The Morgan fingerprint density at radius 1 is 1.38 bits per heavy atom. The van der Waals surface area contributed by atoms with Crippen molar-refractivity contribution in [2.75, 3.05) is 19.1 Å². The number of H-pyrrole nitrogens is 1. The number of carbonyl (C=O) groups is 3. The predicted octanol–water partition coefficient (Wildman–Crippen LogP) is -0.941. The molecule has 0 bridgehead atoms. The lowest BCUT2D eigenvalue weighted by atomic mass is 9.98. The van der Waals surface area contributed by atoms with Crippen molar-refractivity contribution in [3.8, 4) is 11.3 Å². The third-order valence-electron chi connectivity index (χ3n) is 3.81. The number of hydrogen-bond acceptors (Lipinski definition) is 6. The van der Waals surface area contributed by atoms with Crippen molar-refractivity contribution < 1.29 is 19.1 Å². The standard InChI is InChI=1S/C14H15N5O5/c1-24-14(23)9-6-19(5-8-10(9)16-17-12(8)21)18-13(22)7-3-2-4-15-11(7)20/h5-7H,2-4H2,1H3,(H,15,20)(H,17,21)(H,18,22). The third kappa shape index (κ3) is 2.73. The van der Waals surface area contributed by atoms with E-state index in [1.807, 2.05) is 0 Å². The summed E-state index contributed by atoms with van der Waals surface area (Å²) in [5, 5.41) is 8.65. The van der Waals surface area contributed by atoms with E-state index in [0.717, 1.165) is 4.68 Å². The van der Waals surface area contributed by atoms with E-state index in [0.29, 0.717) is 19.4 Å². The zero-order chi connectivity index (χ0) is 17.3. The molecule has 3 heterocycles. The van der Waals surface area contributed by atoms with Crippen molar-refractivity contribution in [1.82, 2.24) is 20.2 Å². The number of ether oxygens (including phenoxy) is 1. The summed E-state index contributed by atoms with van der Waals surface area (Å²) in [7, 11) is 1.20. The van der Waals surface area contributed by atoms with Crippen LogP contribution in [0.1, 0.15) is 23.2 Å². The van der Waals surface area contributed by atoms with E-state index in [2.05, 4.69) is 25.7 Å². The molecule has 2 amide bonds.